The number of sulfonamides is 1. The number of nitro groups is 1. The zero-order chi connectivity index (χ0) is 25.5. The fourth-order valence-corrected chi connectivity index (χ4v) is 5.27. The number of amides is 1. The molecule has 0 unspecified atom stereocenters. The van der Waals surface area contributed by atoms with E-state index >= 15 is 0 Å². The van der Waals surface area contributed by atoms with Gasteiger partial charge in [0, 0.05) is 23.6 Å². The van der Waals surface area contributed by atoms with Crippen molar-refractivity contribution in [3.05, 3.63) is 94.5 Å². The molecular weight excluding hydrogens is 504 g/mol. The summed E-state index contributed by atoms with van der Waals surface area (Å²) in [5, 5.41) is 14.9. The average Bonchev–Trinajstić information content (AvgIpc) is 2.85. The molecule has 186 valence electrons. The van der Waals surface area contributed by atoms with Crippen molar-refractivity contribution >= 4 is 45.3 Å². The van der Waals surface area contributed by atoms with Crippen LogP contribution < -0.4 is 14.5 Å². The molecule has 1 heterocycles. The number of anilines is 1. The first kappa shape index (κ1) is 25.2. The summed E-state index contributed by atoms with van der Waals surface area (Å²) in [4.78, 5) is 23.0. The van der Waals surface area contributed by atoms with Crippen molar-refractivity contribution in [1.29, 1.82) is 0 Å². The Balaban J connectivity index is 1.49. The van der Waals surface area contributed by atoms with Crippen molar-refractivity contribution in [2.75, 3.05) is 22.4 Å². The summed E-state index contributed by atoms with van der Waals surface area (Å²) in [6.07, 6.45) is 1.63. The minimum absolute atomic E-state index is 0.0265. The lowest BCUT2D eigenvalue weighted by Crippen LogP contribution is -2.39. The van der Waals surface area contributed by atoms with Crippen LogP contribution in [-0.2, 0) is 14.8 Å². The van der Waals surface area contributed by atoms with Gasteiger partial charge in [-0.3, -0.25) is 19.2 Å². The molecule has 1 amide bonds. The molecule has 3 aromatic carbocycles. The van der Waals surface area contributed by atoms with E-state index in [1.54, 1.807) is 30.3 Å². The Morgan fingerprint density at radius 1 is 1.11 bits per heavy atom. The summed E-state index contributed by atoms with van der Waals surface area (Å²) in [6, 6.07) is 19.8. The number of nitro benzene ring substituents is 1. The normalized spacial score (nSPS) is 13.7. The highest BCUT2D eigenvalue weighted by atomic mass is 32.2. The van der Waals surface area contributed by atoms with E-state index < -0.39 is 27.4 Å². The van der Waals surface area contributed by atoms with Gasteiger partial charge in [-0.1, -0.05) is 30.3 Å². The highest BCUT2D eigenvalue weighted by molar-refractivity contribution is 8.00. The molecule has 1 fully saturated rings. The summed E-state index contributed by atoms with van der Waals surface area (Å²) < 4.78 is 33.3. The first-order chi connectivity index (χ1) is 17.3. The molecule has 3 aromatic rings. The predicted octanol–water partition coefficient (Wildman–Crippen LogP) is 3.43. The minimum Gasteiger partial charge on any atom is -0.489 e. The zero-order valence-corrected chi connectivity index (χ0v) is 20.5. The third kappa shape index (κ3) is 6.20. The number of benzene rings is 3. The lowest BCUT2D eigenvalue weighted by Gasteiger charge is -2.25. The van der Waals surface area contributed by atoms with Crippen LogP contribution in [0.3, 0.4) is 0 Å². The van der Waals surface area contributed by atoms with Crippen LogP contribution in [0.4, 0.5) is 11.4 Å². The molecule has 36 heavy (non-hydrogen) atoms. The number of rotatable bonds is 10. The van der Waals surface area contributed by atoms with E-state index in [9.17, 15) is 23.3 Å². The number of carbonyl (C=O) groups is 1. The van der Waals surface area contributed by atoms with Crippen molar-refractivity contribution < 1.29 is 22.9 Å². The van der Waals surface area contributed by atoms with Gasteiger partial charge in [-0.25, -0.2) is 13.8 Å². The van der Waals surface area contributed by atoms with Crippen molar-refractivity contribution in [2.24, 2.45) is 5.10 Å². The Hall–Kier alpha value is -3.90. The van der Waals surface area contributed by atoms with E-state index in [1.807, 2.05) is 23.9 Å². The Bertz CT molecular complexity index is 1360. The molecule has 0 saturated carbocycles. The SMILES string of the molecule is O=C(CN(c1ccc([N+](=O)[O-])cc1)S(=O)(=O)c1ccccc1)N/N=C\c1cccc(OC2CSC2)c1. The number of thioether (sulfide) groups is 1. The maximum absolute atomic E-state index is 13.3. The number of carbonyl (C=O) groups excluding carboxylic acids is 1. The third-order valence-corrected chi connectivity index (χ3v) is 8.14. The molecule has 0 radical (unpaired) electrons. The topological polar surface area (TPSA) is 131 Å². The molecule has 0 aliphatic carbocycles. The summed E-state index contributed by atoms with van der Waals surface area (Å²) in [5.41, 5.74) is 2.94. The first-order valence-corrected chi connectivity index (χ1v) is 13.4. The van der Waals surface area contributed by atoms with Crippen LogP contribution in [0.2, 0.25) is 0 Å². The van der Waals surface area contributed by atoms with E-state index in [1.165, 1.54) is 42.6 Å². The number of hydrazone groups is 1. The van der Waals surface area contributed by atoms with Crippen LogP contribution in [0.15, 0.2) is 88.9 Å². The predicted molar refractivity (Wildman–Crippen MR) is 138 cm³/mol. The molecule has 1 saturated heterocycles. The summed E-state index contributed by atoms with van der Waals surface area (Å²) in [6.45, 7) is -0.588. The second-order valence-electron chi connectivity index (χ2n) is 7.74. The van der Waals surface area contributed by atoms with Crippen LogP contribution >= 0.6 is 11.8 Å². The van der Waals surface area contributed by atoms with E-state index in [2.05, 4.69) is 10.5 Å². The maximum atomic E-state index is 13.3. The molecule has 0 atom stereocenters. The van der Waals surface area contributed by atoms with Gasteiger partial charge in [0.05, 0.1) is 21.7 Å². The molecule has 0 spiro atoms. The molecule has 0 bridgehead atoms. The van der Waals surface area contributed by atoms with E-state index in [0.29, 0.717) is 11.3 Å². The highest BCUT2D eigenvalue weighted by Gasteiger charge is 2.27. The fourth-order valence-electron chi connectivity index (χ4n) is 3.26. The van der Waals surface area contributed by atoms with Crippen LogP contribution in [0.1, 0.15) is 5.56 Å². The smallest absolute Gasteiger partial charge is 0.269 e. The Morgan fingerprint density at radius 2 is 1.83 bits per heavy atom. The second kappa shape index (κ2) is 11.2. The quantitative estimate of drug-likeness (QED) is 0.243. The third-order valence-electron chi connectivity index (χ3n) is 5.14. The maximum Gasteiger partial charge on any atom is 0.269 e. The molecule has 1 aliphatic rings. The number of nitrogens with zero attached hydrogens (tertiary/aromatic N) is 3. The van der Waals surface area contributed by atoms with Gasteiger partial charge >= 0.3 is 0 Å². The molecule has 12 heteroatoms. The Morgan fingerprint density at radius 3 is 2.47 bits per heavy atom. The van der Waals surface area contributed by atoms with E-state index in [4.69, 9.17) is 4.74 Å². The van der Waals surface area contributed by atoms with Crippen molar-refractivity contribution in [2.45, 2.75) is 11.0 Å². The summed E-state index contributed by atoms with van der Waals surface area (Å²) in [7, 11) is -4.14. The van der Waals surface area contributed by atoms with Crippen molar-refractivity contribution in [3.8, 4) is 5.75 Å². The number of hydrogen-bond donors (Lipinski definition) is 1. The number of nitrogens with one attached hydrogen (secondary N) is 1. The Kier molecular flexibility index (Phi) is 7.86. The standard InChI is InChI=1S/C24H22N4O6S2/c29-24(26-25-14-18-5-4-6-21(13-18)34-22-16-35-17-22)15-27(19-9-11-20(12-10-19)28(30)31)36(32,33)23-7-2-1-3-8-23/h1-14,22H,15-17H2,(H,26,29)/b25-14-. The number of hydrogen-bond acceptors (Lipinski definition) is 8. The molecule has 1 N–H and O–H groups in total. The van der Waals surface area contributed by atoms with Gasteiger partial charge in [0.25, 0.3) is 21.6 Å². The van der Waals surface area contributed by atoms with Crippen molar-refractivity contribution in [1.82, 2.24) is 5.43 Å². The first-order valence-electron chi connectivity index (χ1n) is 10.8. The lowest BCUT2D eigenvalue weighted by atomic mass is 10.2. The number of non-ortho nitro benzene ring substituents is 1. The molecule has 4 rings (SSSR count). The molecular formula is C24H22N4O6S2. The fraction of sp³-hybridized carbons (Fsp3) is 0.167. The molecule has 1 aliphatic heterocycles. The van der Waals surface area contributed by atoms with Crippen LogP contribution in [0.5, 0.6) is 5.75 Å². The van der Waals surface area contributed by atoms with Gasteiger partial charge in [-0.05, 0) is 42.0 Å². The van der Waals surface area contributed by atoms with E-state index in [-0.39, 0.29) is 22.4 Å². The monoisotopic (exact) mass is 526 g/mol. The van der Waals surface area contributed by atoms with Gasteiger partial charge in [-0.15, -0.1) is 0 Å². The summed E-state index contributed by atoms with van der Waals surface area (Å²) >= 11 is 1.82. The van der Waals surface area contributed by atoms with Crippen LogP contribution in [0, 0.1) is 10.1 Å². The minimum atomic E-state index is -4.14. The second-order valence-corrected chi connectivity index (χ2v) is 10.7. The van der Waals surface area contributed by atoms with Crippen molar-refractivity contribution in [3.63, 3.8) is 0 Å². The lowest BCUT2D eigenvalue weighted by molar-refractivity contribution is -0.384. The largest absolute Gasteiger partial charge is 0.489 e. The number of ether oxygens (including phenoxy) is 1. The van der Waals surface area contributed by atoms with Crippen LogP contribution in [0.25, 0.3) is 0 Å². The Labute approximate surface area is 212 Å². The highest BCUT2D eigenvalue weighted by Crippen LogP contribution is 2.26. The molecule has 10 nitrogen and oxygen atoms in total. The van der Waals surface area contributed by atoms with Gasteiger partial charge < -0.3 is 4.74 Å². The van der Waals surface area contributed by atoms with Gasteiger partial charge in [0.15, 0.2) is 0 Å². The average molecular weight is 527 g/mol. The molecule has 0 aromatic heterocycles. The van der Waals surface area contributed by atoms with Gasteiger partial charge in [0.2, 0.25) is 0 Å². The zero-order valence-electron chi connectivity index (χ0n) is 18.9. The summed E-state index contributed by atoms with van der Waals surface area (Å²) in [5.74, 6) is 1.91. The van der Waals surface area contributed by atoms with Gasteiger partial charge in [-0.2, -0.15) is 16.9 Å². The van der Waals surface area contributed by atoms with Gasteiger partial charge in [0.1, 0.15) is 18.4 Å². The van der Waals surface area contributed by atoms with Crippen LogP contribution in [-0.4, -0.2) is 49.6 Å². The van der Waals surface area contributed by atoms with E-state index in [0.717, 1.165) is 15.8 Å².